The van der Waals surface area contributed by atoms with Gasteiger partial charge in [-0.3, -0.25) is 4.99 Å². The summed E-state index contributed by atoms with van der Waals surface area (Å²) in [7, 11) is 1.80. The van der Waals surface area contributed by atoms with Crippen LogP contribution in [0.3, 0.4) is 0 Å². The zero-order chi connectivity index (χ0) is 17.6. The van der Waals surface area contributed by atoms with Crippen molar-refractivity contribution in [2.24, 2.45) is 4.99 Å². The van der Waals surface area contributed by atoms with Crippen LogP contribution in [0.5, 0.6) is 0 Å². The fourth-order valence-corrected chi connectivity index (χ4v) is 3.74. The average Bonchev–Trinajstić information content (AvgIpc) is 3.25. The number of aliphatic imine (C=N–C) groups is 1. The highest BCUT2D eigenvalue weighted by atomic mass is 127. The molecule has 0 amide bonds. The van der Waals surface area contributed by atoms with E-state index in [2.05, 4.69) is 68.9 Å². The van der Waals surface area contributed by atoms with Crippen molar-refractivity contribution in [3.05, 3.63) is 57.6 Å². The van der Waals surface area contributed by atoms with E-state index in [1.165, 1.54) is 16.1 Å². The molecular formula is C19H26IN5S. The summed E-state index contributed by atoms with van der Waals surface area (Å²) >= 11 is 1.73. The Labute approximate surface area is 176 Å². The molecule has 0 saturated carbocycles. The number of hydrogen-bond donors (Lipinski definition) is 2. The number of benzene rings is 1. The minimum atomic E-state index is 0. The van der Waals surface area contributed by atoms with E-state index in [1.807, 2.05) is 6.92 Å². The smallest absolute Gasteiger partial charge is 0.191 e. The van der Waals surface area contributed by atoms with E-state index in [4.69, 9.17) is 0 Å². The molecule has 0 unspecified atom stereocenters. The summed E-state index contributed by atoms with van der Waals surface area (Å²) in [5.74, 6) is 0.804. The monoisotopic (exact) mass is 483 g/mol. The Hall–Kier alpha value is -1.61. The molecular weight excluding hydrogens is 457 g/mol. The van der Waals surface area contributed by atoms with Crippen LogP contribution in [0.1, 0.15) is 21.1 Å². The van der Waals surface area contributed by atoms with Gasteiger partial charge in [0.15, 0.2) is 5.96 Å². The van der Waals surface area contributed by atoms with Crippen LogP contribution in [-0.2, 0) is 13.1 Å². The van der Waals surface area contributed by atoms with Gasteiger partial charge in [-0.25, -0.2) is 4.98 Å². The fourth-order valence-electron chi connectivity index (χ4n) is 2.86. The van der Waals surface area contributed by atoms with Crippen LogP contribution < -0.4 is 15.5 Å². The minimum Gasteiger partial charge on any atom is -0.364 e. The van der Waals surface area contributed by atoms with E-state index in [0.29, 0.717) is 0 Å². The van der Waals surface area contributed by atoms with Crippen molar-refractivity contribution in [2.45, 2.75) is 26.9 Å². The van der Waals surface area contributed by atoms with E-state index < -0.39 is 0 Å². The molecule has 0 saturated heterocycles. The number of hydrogen-bond acceptors (Lipinski definition) is 4. The van der Waals surface area contributed by atoms with E-state index in [0.717, 1.165) is 42.8 Å². The lowest BCUT2D eigenvalue weighted by Crippen LogP contribution is -2.36. The molecule has 0 atom stereocenters. The van der Waals surface area contributed by atoms with Gasteiger partial charge in [0.25, 0.3) is 0 Å². The van der Waals surface area contributed by atoms with Crippen LogP contribution in [0.25, 0.3) is 0 Å². The van der Waals surface area contributed by atoms with Crippen molar-refractivity contribution in [3.63, 3.8) is 0 Å². The molecule has 1 aromatic carbocycles. The second-order valence-electron chi connectivity index (χ2n) is 6.07. The number of guanidine groups is 1. The molecule has 5 nitrogen and oxygen atoms in total. The van der Waals surface area contributed by atoms with Crippen molar-refractivity contribution < 1.29 is 0 Å². The summed E-state index contributed by atoms with van der Waals surface area (Å²) in [4.78, 5) is 12.4. The second-order valence-corrected chi connectivity index (χ2v) is 7.35. The molecule has 140 valence electrons. The minimum absolute atomic E-state index is 0. The molecule has 7 heteroatoms. The lowest BCUT2D eigenvalue weighted by atomic mass is 10.2. The number of thiazole rings is 1. The average molecular weight is 483 g/mol. The molecule has 3 rings (SSSR count). The Bertz CT molecular complexity index is 776. The summed E-state index contributed by atoms with van der Waals surface area (Å²) in [6, 6.07) is 8.66. The zero-order valence-corrected chi connectivity index (χ0v) is 18.6. The molecule has 0 fully saturated rings. The molecule has 1 aliphatic rings. The quantitative estimate of drug-likeness (QED) is 0.295. The largest absolute Gasteiger partial charge is 0.364 e. The highest BCUT2D eigenvalue weighted by Crippen LogP contribution is 2.18. The second kappa shape index (κ2) is 9.91. The summed E-state index contributed by atoms with van der Waals surface area (Å²) in [5.41, 5.74) is 3.61. The molecule has 0 bridgehead atoms. The number of nitrogens with zero attached hydrogens (tertiary/aromatic N) is 3. The number of aromatic nitrogens is 1. The molecule has 1 aliphatic heterocycles. The number of rotatable bonds is 5. The van der Waals surface area contributed by atoms with Gasteiger partial charge in [0, 0.05) is 37.2 Å². The SMILES string of the molecule is CN=C(NCc1cccc(N2CC=CC2)c1)NCc1sc(C)nc1C.I. The fraction of sp³-hybridized carbons (Fsp3) is 0.368. The van der Waals surface area contributed by atoms with Crippen LogP contribution in [0, 0.1) is 13.8 Å². The first-order valence-electron chi connectivity index (χ1n) is 8.52. The third-order valence-electron chi connectivity index (χ3n) is 4.19. The summed E-state index contributed by atoms with van der Waals surface area (Å²) < 4.78 is 0. The molecule has 26 heavy (non-hydrogen) atoms. The Balaban J connectivity index is 0.00000243. The van der Waals surface area contributed by atoms with Crippen LogP contribution in [0.15, 0.2) is 41.4 Å². The predicted molar refractivity (Wildman–Crippen MR) is 122 cm³/mol. The Morgan fingerprint density at radius 1 is 1.19 bits per heavy atom. The molecule has 1 aromatic heterocycles. The Morgan fingerprint density at radius 3 is 2.58 bits per heavy atom. The first-order chi connectivity index (χ1) is 12.2. The van der Waals surface area contributed by atoms with Crippen molar-refractivity contribution in [2.75, 3.05) is 25.0 Å². The predicted octanol–water partition coefficient (Wildman–Crippen LogP) is 3.62. The van der Waals surface area contributed by atoms with Gasteiger partial charge >= 0.3 is 0 Å². The highest BCUT2D eigenvalue weighted by Gasteiger charge is 2.09. The van der Waals surface area contributed by atoms with Crippen molar-refractivity contribution >= 4 is 47.0 Å². The standard InChI is InChI=1S/C19H25N5S.HI/c1-14-18(25-15(2)23-14)13-22-19(20-3)21-12-16-7-6-8-17(11-16)24-9-4-5-10-24;/h4-8,11H,9-10,12-13H2,1-3H3,(H2,20,21,22);1H. The zero-order valence-electron chi connectivity index (χ0n) is 15.5. The van der Waals surface area contributed by atoms with Crippen molar-refractivity contribution in [1.29, 1.82) is 0 Å². The third kappa shape index (κ3) is 5.44. The van der Waals surface area contributed by atoms with Gasteiger partial charge in [0.05, 0.1) is 17.2 Å². The number of aryl methyl sites for hydroxylation is 2. The van der Waals surface area contributed by atoms with Gasteiger partial charge < -0.3 is 15.5 Å². The third-order valence-corrected chi connectivity index (χ3v) is 5.27. The first kappa shape index (κ1) is 20.7. The van der Waals surface area contributed by atoms with Gasteiger partial charge in [-0.1, -0.05) is 24.3 Å². The Morgan fingerprint density at radius 2 is 1.92 bits per heavy atom. The van der Waals surface area contributed by atoms with Crippen molar-refractivity contribution in [3.8, 4) is 0 Å². The van der Waals surface area contributed by atoms with Gasteiger partial charge in [-0.15, -0.1) is 35.3 Å². The van der Waals surface area contributed by atoms with Crippen LogP contribution in [0.2, 0.25) is 0 Å². The summed E-state index contributed by atoms with van der Waals surface area (Å²) in [6.45, 7) is 7.57. The van der Waals surface area contributed by atoms with E-state index >= 15 is 0 Å². The number of anilines is 1. The number of halogens is 1. The Kier molecular flexibility index (Phi) is 7.89. The van der Waals surface area contributed by atoms with Gasteiger partial charge in [-0.05, 0) is 31.5 Å². The number of nitrogens with one attached hydrogen (secondary N) is 2. The first-order valence-corrected chi connectivity index (χ1v) is 9.33. The summed E-state index contributed by atoms with van der Waals surface area (Å²) in [6.07, 6.45) is 4.42. The maximum Gasteiger partial charge on any atom is 0.191 e. The molecule has 2 heterocycles. The van der Waals surface area contributed by atoms with Gasteiger partial charge in [0.1, 0.15) is 0 Å². The lowest BCUT2D eigenvalue weighted by Gasteiger charge is -2.19. The normalized spacial score (nSPS) is 13.7. The van der Waals surface area contributed by atoms with Gasteiger partial charge in [-0.2, -0.15) is 0 Å². The topological polar surface area (TPSA) is 52.6 Å². The van der Waals surface area contributed by atoms with Crippen LogP contribution in [-0.4, -0.2) is 31.1 Å². The van der Waals surface area contributed by atoms with E-state index in [-0.39, 0.29) is 24.0 Å². The molecule has 2 aromatic rings. The van der Waals surface area contributed by atoms with Gasteiger partial charge in [0.2, 0.25) is 0 Å². The van der Waals surface area contributed by atoms with Crippen LogP contribution in [0.4, 0.5) is 5.69 Å². The summed E-state index contributed by atoms with van der Waals surface area (Å²) in [5, 5.41) is 7.86. The maximum atomic E-state index is 4.46. The molecule has 0 spiro atoms. The molecule has 0 aliphatic carbocycles. The lowest BCUT2D eigenvalue weighted by molar-refractivity contribution is 0.811. The molecule has 2 N–H and O–H groups in total. The van der Waals surface area contributed by atoms with Crippen LogP contribution >= 0.6 is 35.3 Å². The molecule has 0 radical (unpaired) electrons. The van der Waals surface area contributed by atoms with E-state index in [9.17, 15) is 0 Å². The highest BCUT2D eigenvalue weighted by molar-refractivity contribution is 14.0. The van der Waals surface area contributed by atoms with Crippen molar-refractivity contribution in [1.82, 2.24) is 15.6 Å². The van der Waals surface area contributed by atoms with E-state index in [1.54, 1.807) is 18.4 Å². The maximum absolute atomic E-state index is 4.46.